The zero-order valence-corrected chi connectivity index (χ0v) is 14.4. The van der Waals surface area contributed by atoms with Crippen LogP contribution in [0.4, 0.5) is 0 Å². The molecule has 0 aliphatic carbocycles. The summed E-state index contributed by atoms with van der Waals surface area (Å²) in [5, 5.41) is 1.36. The molecule has 0 aliphatic rings. The molecule has 5 nitrogen and oxygen atoms in total. The van der Waals surface area contributed by atoms with Crippen LogP contribution >= 0.6 is 0 Å². The van der Waals surface area contributed by atoms with Crippen molar-refractivity contribution in [1.82, 2.24) is 4.72 Å². The lowest BCUT2D eigenvalue weighted by Gasteiger charge is -2.10. The van der Waals surface area contributed by atoms with E-state index in [1.807, 2.05) is 30.3 Å². The van der Waals surface area contributed by atoms with Crippen LogP contribution in [0.25, 0.3) is 10.8 Å². The van der Waals surface area contributed by atoms with E-state index < -0.39 is 16.0 Å². The normalized spacial score (nSPS) is 11.4. The lowest BCUT2D eigenvalue weighted by Crippen LogP contribution is -2.23. The summed E-state index contributed by atoms with van der Waals surface area (Å²) in [5.41, 5.74) is 0.879. The van der Waals surface area contributed by atoms with Gasteiger partial charge in [-0.15, -0.1) is 0 Å². The van der Waals surface area contributed by atoms with E-state index in [4.69, 9.17) is 4.74 Å². The summed E-state index contributed by atoms with van der Waals surface area (Å²) in [4.78, 5) is 11.3. The lowest BCUT2D eigenvalue weighted by molar-refractivity contribution is -0.131. The predicted octanol–water partition coefficient (Wildman–Crippen LogP) is 3.24. The van der Waals surface area contributed by atoms with Crippen molar-refractivity contribution in [2.75, 3.05) is 0 Å². The number of sulfonamides is 1. The van der Waals surface area contributed by atoms with E-state index in [0.29, 0.717) is 16.5 Å². The molecule has 0 atom stereocenters. The van der Waals surface area contributed by atoms with Crippen molar-refractivity contribution in [3.8, 4) is 5.75 Å². The van der Waals surface area contributed by atoms with Gasteiger partial charge in [-0.2, -0.15) is 0 Å². The van der Waals surface area contributed by atoms with Crippen LogP contribution < -0.4 is 9.46 Å². The van der Waals surface area contributed by atoms with E-state index in [1.54, 1.807) is 30.3 Å². The quantitative estimate of drug-likeness (QED) is 0.563. The Morgan fingerprint density at radius 2 is 1.76 bits per heavy atom. The van der Waals surface area contributed by atoms with Crippen LogP contribution in [0.3, 0.4) is 0 Å². The van der Waals surface area contributed by atoms with Gasteiger partial charge in [-0.3, -0.25) is 4.79 Å². The van der Waals surface area contributed by atoms with E-state index >= 15 is 0 Å². The molecule has 0 saturated heterocycles. The van der Waals surface area contributed by atoms with Crippen LogP contribution in [0.5, 0.6) is 5.75 Å². The number of esters is 1. The minimum absolute atomic E-state index is 0.163. The van der Waals surface area contributed by atoms with Crippen molar-refractivity contribution in [2.45, 2.75) is 18.4 Å². The van der Waals surface area contributed by atoms with Crippen LogP contribution in [0.15, 0.2) is 71.6 Å². The first kappa shape index (κ1) is 17.1. The highest BCUT2D eigenvalue weighted by molar-refractivity contribution is 7.89. The van der Waals surface area contributed by atoms with Gasteiger partial charge in [0.2, 0.25) is 10.0 Å². The highest BCUT2D eigenvalue weighted by Gasteiger charge is 2.15. The molecule has 25 heavy (non-hydrogen) atoms. The fourth-order valence-electron chi connectivity index (χ4n) is 2.50. The molecule has 0 aromatic heterocycles. The molecule has 0 fully saturated rings. The Bertz CT molecular complexity index is 1010. The molecule has 0 heterocycles. The summed E-state index contributed by atoms with van der Waals surface area (Å²) in [5.74, 6) is -0.0140. The molecule has 0 aliphatic heterocycles. The molecule has 0 radical (unpaired) electrons. The number of ether oxygens (including phenoxy) is 1. The minimum atomic E-state index is -3.64. The van der Waals surface area contributed by atoms with Crippen LogP contribution in [-0.2, 0) is 21.4 Å². The summed E-state index contributed by atoms with van der Waals surface area (Å²) in [7, 11) is -3.64. The summed E-state index contributed by atoms with van der Waals surface area (Å²) in [6.07, 6.45) is 0. The zero-order chi connectivity index (χ0) is 17.9. The zero-order valence-electron chi connectivity index (χ0n) is 13.6. The molecular formula is C19H17NO4S. The molecule has 128 valence electrons. The molecule has 0 saturated carbocycles. The van der Waals surface area contributed by atoms with Gasteiger partial charge in [0, 0.05) is 18.9 Å². The standard InChI is InChI=1S/C19H17NO4S/c1-14(21)24-19-9-5-8-16-12-17(10-11-18(16)19)25(22,23)20-13-15-6-3-2-4-7-15/h2-12,20H,13H2,1H3. The molecule has 6 heteroatoms. The summed E-state index contributed by atoms with van der Waals surface area (Å²) >= 11 is 0. The molecule has 3 rings (SSSR count). The van der Waals surface area contributed by atoms with Gasteiger partial charge < -0.3 is 4.74 Å². The first-order valence-electron chi connectivity index (χ1n) is 7.70. The Balaban J connectivity index is 1.89. The Kier molecular flexibility index (Phi) is 4.83. The third-order valence-corrected chi connectivity index (χ3v) is 5.08. The predicted molar refractivity (Wildman–Crippen MR) is 95.7 cm³/mol. The number of carbonyl (C=O) groups is 1. The second-order valence-electron chi connectivity index (χ2n) is 5.54. The van der Waals surface area contributed by atoms with E-state index in [1.165, 1.54) is 13.0 Å². The van der Waals surface area contributed by atoms with Crippen molar-refractivity contribution in [1.29, 1.82) is 0 Å². The Hall–Kier alpha value is -2.70. The number of fused-ring (bicyclic) bond motifs is 1. The third-order valence-electron chi connectivity index (χ3n) is 3.68. The lowest BCUT2D eigenvalue weighted by atomic mass is 10.1. The van der Waals surface area contributed by atoms with E-state index in [2.05, 4.69) is 4.72 Å². The molecule has 3 aromatic carbocycles. The Labute approximate surface area is 146 Å². The molecule has 0 bridgehead atoms. The highest BCUT2D eigenvalue weighted by atomic mass is 32.2. The molecule has 3 aromatic rings. The van der Waals surface area contributed by atoms with Crippen molar-refractivity contribution in [2.24, 2.45) is 0 Å². The number of nitrogens with one attached hydrogen (secondary N) is 1. The number of benzene rings is 3. The van der Waals surface area contributed by atoms with Gasteiger partial charge in [0.05, 0.1) is 4.90 Å². The molecular weight excluding hydrogens is 338 g/mol. The largest absolute Gasteiger partial charge is 0.426 e. The van der Waals surface area contributed by atoms with E-state index in [9.17, 15) is 13.2 Å². The maximum absolute atomic E-state index is 12.5. The summed E-state index contributed by atoms with van der Waals surface area (Å²) < 4.78 is 32.8. The van der Waals surface area contributed by atoms with Crippen molar-refractivity contribution in [3.05, 3.63) is 72.3 Å². The van der Waals surface area contributed by atoms with Crippen LogP contribution in [0.2, 0.25) is 0 Å². The first-order valence-corrected chi connectivity index (χ1v) is 9.19. The highest BCUT2D eigenvalue weighted by Crippen LogP contribution is 2.28. The van der Waals surface area contributed by atoms with Gasteiger partial charge in [0.1, 0.15) is 5.75 Å². The van der Waals surface area contributed by atoms with Crippen molar-refractivity contribution < 1.29 is 17.9 Å². The van der Waals surface area contributed by atoms with E-state index in [-0.39, 0.29) is 11.4 Å². The maximum atomic E-state index is 12.5. The Morgan fingerprint density at radius 1 is 1.00 bits per heavy atom. The van der Waals surface area contributed by atoms with Crippen LogP contribution in [0.1, 0.15) is 12.5 Å². The van der Waals surface area contributed by atoms with Gasteiger partial charge in [0.25, 0.3) is 0 Å². The van der Waals surface area contributed by atoms with Gasteiger partial charge in [-0.05, 0) is 35.2 Å². The fourth-order valence-corrected chi connectivity index (χ4v) is 3.55. The number of rotatable bonds is 5. The SMILES string of the molecule is CC(=O)Oc1cccc2cc(S(=O)(=O)NCc3ccccc3)ccc12. The topological polar surface area (TPSA) is 72.5 Å². The summed E-state index contributed by atoms with van der Waals surface area (Å²) in [6, 6.07) is 19.2. The monoisotopic (exact) mass is 355 g/mol. The maximum Gasteiger partial charge on any atom is 0.308 e. The van der Waals surface area contributed by atoms with Gasteiger partial charge in [-0.1, -0.05) is 42.5 Å². The second-order valence-corrected chi connectivity index (χ2v) is 7.31. The fraction of sp³-hybridized carbons (Fsp3) is 0.105. The molecule has 0 unspecified atom stereocenters. The van der Waals surface area contributed by atoms with Crippen molar-refractivity contribution in [3.63, 3.8) is 0 Å². The molecule has 0 spiro atoms. The summed E-state index contributed by atoms with van der Waals surface area (Å²) in [6.45, 7) is 1.54. The number of hydrogen-bond acceptors (Lipinski definition) is 4. The molecule has 1 N–H and O–H groups in total. The minimum Gasteiger partial charge on any atom is -0.426 e. The second kappa shape index (κ2) is 7.04. The van der Waals surface area contributed by atoms with Crippen molar-refractivity contribution >= 4 is 26.8 Å². The average Bonchev–Trinajstić information content (AvgIpc) is 2.60. The molecule has 0 amide bonds. The number of carbonyl (C=O) groups excluding carboxylic acids is 1. The average molecular weight is 355 g/mol. The van der Waals surface area contributed by atoms with Gasteiger partial charge in [-0.25, -0.2) is 13.1 Å². The smallest absolute Gasteiger partial charge is 0.308 e. The van der Waals surface area contributed by atoms with Gasteiger partial charge >= 0.3 is 5.97 Å². The Morgan fingerprint density at radius 3 is 2.48 bits per heavy atom. The van der Waals surface area contributed by atoms with Crippen LogP contribution in [-0.4, -0.2) is 14.4 Å². The third kappa shape index (κ3) is 4.04. The van der Waals surface area contributed by atoms with Crippen LogP contribution in [0, 0.1) is 0 Å². The number of hydrogen-bond donors (Lipinski definition) is 1. The van der Waals surface area contributed by atoms with E-state index in [0.717, 1.165) is 5.56 Å². The van der Waals surface area contributed by atoms with Gasteiger partial charge in [0.15, 0.2) is 0 Å². The first-order chi connectivity index (χ1) is 12.0.